The van der Waals surface area contributed by atoms with Gasteiger partial charge in [0.05, 0.1) is 61.1 Å². The topological polar surface area (TPSA) is 200 Å². The number of methoxy groups -OCH3 is 2. The molecule has 0 aliphatic carbocycles. The van der Waals surface area contributed by atoms with Crippen LogP contribution in [0.15, 0.2) is 61.2 Å². The molecule has 4 N–H and O–H groups in total. The molecule has 60 heavy (non-hydrogen) atoms. The second kappa shape index (κ2) is 16.6. The minimum absolute atomic E-state index is 0.129. The van der Waals surface area contributed by atoms with Gasteiger partial charge in [0.15, 0.2) is 0 Å². The normalized spacial score (nSPS) is 17.8. The number of fused-ring (bicyclic) bond motifs is 6. The molecule has 3 aromatic carbocycles. The number of H-pyrrole nitrogens is 2. The second-order valence-corrected chi connectivity index (χ2v) is 16.2. The first-order chi connectivity index (χ1) is 29.0. The molecule has 3 aromatic heterocycles. The fraction of sp³-hybridized carbons (Fsp3) is 0.409. The van der Waals surface area contributed by atoms with E-state index in [-0.39, 0.29) is 35.7 Å². The molecule has 0 radical (unpaired) electrons. The zero-order valence-corrected chi connectivity index (χ0v) is 34.6. The molecule has 5 heterocycles. The van der Waals surface area contributed by atoms with Crippen molar-refractivity contribution < 1.29 is 28.7 Å². The quantitative estimate of drug-likeness (QED) is 0.107. The fourth-order valence-electron chi connectivity index (χ4n) is 8.71. The number of rotatable bonds is 10. The van der Waals surface area contributed by atoms with Crippen LogP contribution in [0, 0.1) is 11.8 Å². The lowest BCUT2D eigenvalue weighted by Crippen LogP contribution is -2.51. The number of hydrogen-bond donors (Lipinski definition) is 4. The Balaban J connectivity index is 1.08. The number of carbonyl (C=O) groups excluding carboxylic acids is 4. The number of benzene rings is 3. The minimum Gasteiger partial charge on any atom is -0.453 e. The van der Waals surface area contributed by atoms with Crippen molar-refractivity contribution in [2.45, 2.75) is 77.5 Å². The third-order valence-electron chi connectivity index (χ3n) is 11.8. The molecule has 2 aliphatic heterocycles. The largest absolute Gasteiger partial charge is 0.453 e. The number of alkyl carbamates (subject to hydrolysis) is 2. The monoisotopic (exact) mass is 814 g/mol. The Hall–Kier alpha value is -6.58. The molecule has 4 amide bonds. The lowest BCUT2D eigenvalue weighted by Gasteiger charge is -2.30. The van der Waals surface area contributed by atoms with Gasteiger partial charge in [-0.05, 0) is 60.4 Å². The van der Waals surface area contributed by atoms with Crippen LogP contribution in [0.25, 0.3) is 55.1 Å². The zero-order chi connectivity index (χ0) is 42.2. The van der Waals surface area contributed by atoms with Crippen molar-refractivity contribution in [2.24, 2.45) is 11.8 Å². The van der Waals surface area contributed by atoms with Crippen molar-refractivity contribution in [3.05, 3.63) is 72.8 Å². The SMILES string of the molecule is COC(=O)NC(C(=O)N1CCC[C@H]1c1ncc(-c2ccc3c4ccc(-c5cnc([C@@H]6CCCN6C(=O)[C@@H](NC(=O)OC)C(C)C)[nH]5)cc4c4nccnc4c3c2)[nH]1)C(C)C. The molecule has 8 rings (SSSR count). The van der Waals surface area contributed by atoms with E-state index < -0.39 is 24.3 Å². The molecule has 0 spiro atoms. The summed E-state index contributed by atoms with van der Waals surface area (Å²) in [6.45, 7) is 8.72. The predicted molar refractivity (Wildman–Crippen MR) is 225 cm³/mol. The van der Waals surface area contributed by atoms with Crippen molar-refractivity contribution in [2.75, 3.05) is 27.3 Å². The van der Waals surface area contributed by atoms with E-state index in [1.807, 2.05) is 27.7 Å². The summed E-state index contributed by atoms with van der Waals surface area (Å²) in [5.41, 5.74) is 4.97. The number of hydrogen-bond acceptors (Lipinski definition) is 10. The standard InChI is InChI=1S/C44H50N10O6/c1-23(2)35(51-43(57)59-5)41(55)53-17-7-9-33(53)39-47-21-31(49-39)25-11-13-27-28-14-12-26(20-30(28)38-37(29(27)19-25)45-15-16-46-38)32-22-48-40(50-32)34-10-8-18-54(34)42(56)36(24(3)4)52-44(58)60-6/h11-16,19-24,33-36H,7-10,17-18H2,1-6H3,(H,47,49)(H,48,50)(H,51,57)(H,52,58)/t33-,34-,35-,36?/m0/s1. The summed E-state index contributed by atoms with van der Waals surface area (Å²) in [6.07, 6.45) is 8.87. The maximum atomic E-state index is 13.7. The molecule has 16 heteroatoms. The maximum absolute atomic E-state index is 13.7. The van der Waals surface area contributed by atoms with Crippen molar-refractivity contribution in [3.63, 3.8) is 0 Å². The number of imidazole rings is 2. The van der Waals surface area contributed by atoms with E-state index in [1.165, 1.54) is 14.2 Å². The maximum Gasteiger partial charge on any atom is 0.407 e. The third kappa shape index (κ3) is 7.45. The first-order valence-corrected chi connectivity index (χ1v) is 20.5. The Morgan fingerprint density at radius 3 is 1.43 bits per heavy atom. The first-order valence-electron chi connectivity index (χ1n) is 20.5. The Morgan fingerprint density at radius 1 is 0.633 bits per heavy atom. The van der Waals surface area contributed by atoms with Gasteiger partial charge in [-0.3, -0.25) is 19.6 Å². The summed E-state index contributed by atoms with van der Waals surface area (Å²) >= 11 is 0. The Bertz CT molecular complexity index is 2400. The van der Waals surface area contributed by atoms with Gasteiger partial charge in [-0.25, -0.2) is 19.6 Å². The number of nitrogens with one attached hydrogen (secondary N) is 4. The molecule has 1 unspecified atom stereocenters. The van der Waals surface area contributed by atoms with Crippen LogP contribution in [-0.2, 0) is 19.1 Å². The van der Waals surface area contributed by atoms with Crippen molar-refractivity contribution in [3.8, 4) is 22.5 Å². The van der Waals surface area contributed by atoms with Gasteiger partial charge >= 0.3 is 12.2 Å². The van der Waals surface area contributed by atoms with E-state index in [4.69, 9.17) is 29.4 Å². The van der Waals surface area contributed by atoms with Crippen LogP contribution in [0.3, 0.4) is 0 Å². The highest BCUT2D eigenvalue weighted by Gasteiger charge is 2.39. The molecule has 2 fully saturated rings. The van der Waals surface area contributed by atoms with Crippen LogP contribution in [-0.4, -0.2) is 103 Å². The molecule has 2 aliphatic rings. The van der Waals surface area contributed by atoms with Gasteiger partial charge in [0, 0.05) is 47.4 Å². The molecule has 312 valence electrons. The molecule has 0 bridgehead atoms. The highest BCUT2D eigenvalue weighted by molar-refractivity contribution is 6.24. The second-order valence-electron chi connectivity index (χ2n) is 16.2. The van der Waals surface area contributed by atoms with Gasteiger partial charge in [0.25, 0.3) is 0 Å². The van der Waals surface area contributed by atoms with Gasteiger partial charge < -0.3 is 39.9 Å². The van der Waals surface area contributed by atoms with E-state index >= 15 is 0 Å². The fourth-order valence-corrected chi connectivity index (χ4v) is 8.71. The number of aromatic amines is 2. The van der Waals surface area contributed by atoms with E-state index in [2.05, 4.69) is 57.0 Å². The van der Waals surface area contributed by atoms with E-state index in [1.54, 1.807) is 34.6 Å². The number of likely N-dealkylation sites (tertiary alicyclic amines) is 2. The van der Waals surface area contributed by atoms with E-state index in [0.29, 0.717) is 24.7 Å². The lowest BCUT2D eigenvalue weighted by molar-refractivity contribution is -0.136. The van der Waals surface area contributed by atoms with E-state index in [0.717, 1.165) is 80.8 Å². The number of nitrogens with zero attached hydrogens (tertiary/aromatic N) is 6. The predicted octanol–water partition coefficient (Wildman–Crippen LogP) is 6.80. The summed E-state index contributed by atoms with van der Waals surface area (Å²) in [5.74, 6) is 0.807. The molecule has 4 atom stereocenters. The molecular formula is C44H50N10O6. The minimum atomic E-state index is -0.716. The van der Waals surface area contributed by atoms with Crippen LogP contribution in [0.5, 0.6) is 0 Å². The van der Waals surface area contributed by atoms with Crippen LogP contribution in [0.4, 0.5) is 9.59 Å². The average Bonchev–Trinajstić information content (AvgIpc) is 4.10. The summed E-state index contributed by atoms with van der Waals surface area (Å²) in [6, 6.07) is 10.6. The molecular weight excluding hydrogens is 765 g/mol. The zero-order valence-electron chi connectivity index (χ0n) is 34.6. The van der Waals surface area contributed by atoms with E-state index in [9.17, 15) is 19.2 Å². The highest BCUT2D eigenvalue weighted by atomic mass is 16.5. The first kappa shape index (κ1) is 40.2. The van der Waals surface area contributed by atoms with Gasteiger partial charge in [-0.15, -0.1) is 0 Å². The van der Waals surface area contributed by atoms with Gasteiger partial charge in [0.2, 0.25) is 11.8 Å². The molecule has 16 nitrogen and oxygen atoms in total. The third-order valence-corrected chi connectivity index (χ3v) is 11.8. The smallest absolute Gasteiger partial charge is 0.407 e. The molecule has 0 saturated carbocycles. The van der Waals surface area contributed by atoms with Gasteiger partial charge in [-0.2, -0.15) is 0 Å². The molecule has 6 aromatic rings. The summed E-state index contributed by atoms with van der Waals surface area (Å²) in [5, 5.41) is 9.33. The van der Waals surface area contributed by atoms with Crippen LogP contribution in [0.1, 0.15) is 77.1 Å². The van der Waals surface area contributed by atoms with Crippen LogP contribution < -0.4 is 10.6 Å². The van der Waals surface area contributed by atoms with Gasteiger partial charge in [-0.1, -0.05) is 52.0 Å². The summed E-state index contributed by atoms with van der Waals surface area (Å²) in [7, 11) is 2.57. The summed E-state index contributed by atoms with van der Waals surface area (Å²) < 4.78 is 9.57. The van der Waals surface area contributed by atoms with Gasteiger partial charge in [0.1, 0.15) is 23.7 Å². The Kier molecular flexibility index (Phi) is 11.1. The lowest BCUT2D eigenvalue weighted by atomic mass is 9.95. The number of aromatic nitrogens is 6. The van der Waals surface area contributed by atoms with Crippen LogP contribution >= 0.6 is 0 Å². The number of ether oxygens (including phenoxy) is 2. The average molecular weight is 815 g/mol. The number of amides is 4. The Morgan fingerprint density at radius 2 is 1.05 bits per heavy atom. The van der Waals surface area contributed by atoms with Crippen LogP contribution in [0.2, 0.25) is 0 Å². The van der Waals surface area contributed by atoms with Crippen molar-refractivity contribution >= 4 is 56.6 Å². The van der Waals surface area contributed by atoms with Crippen molar-refractivity contribution in [1.29, 1.82) is 0 Å². The summed E-state index contributed by atoms with van der Waals surface area (Å²) in [4.78, 5) is 81.3. The van der Waals surface area contributed by atoms with Crippen molar-refractivity contribution in [1.82, 2.24) is 50.3 Å². The molecule has 2 saturated heterocycles. The number of carbonyl (C=O) groups is 4. The Labute approximate surface area is 346 Å². The highest BCUT2D eigenvalue weighted by Crippen LogP contribution is 2.39.